The fourth-order valence-electron chi connectivity index (χ4n) is 3.28. The molecule has 0 aliphatic heterocycles. The summed E-state index contributed by atoms with van der Waals surface area (Å²) in [6.07, 6.45) is 2.27. The Labute approximate surface area is 131 Å². The minimum absolute atomic E-state index is 0.402. The summed E-state index contributed by atoms with van der Waals surface area (Å²) in [5.74, 6) is 1.36. The molecule has 0 amide bonds. The molecule has 3 rings (SSSR count). The first-order valence-electron chi connectivity index (χ1n) is 7.33. The summed E-state index contributed by atoms with van der Waals surface area (Å²) in [6, 6.07) is 15.1. The van der Waals surface area contributed by atoms with Crippen molar-refractivity contribution in [3.8, 4) is 5.75 Å². The van der Waals surface area contributed by atoms with Crippen molar-refractivity contribution in [2.45, 2.75) is 24.8 Å². The topological polar surface area (TPSA) is 21.3 Å². The second kappa shape index (κ2) is 6.08. The molecule has 2 atom stereocenters. The number of hydrogen-bond donors (Lipinski definition) is 1. The molecule has 21 heavy (non-hydrogen) atoms. The van der Waals surface area contributed by atoms with Crippen LogP contribution in [0.5, 0.6) is 5.75 Å². The zero-order chi connectivity index (χ0) is 14.8. The summed E-state index contributed by atoms with van der Waals surface area (Å²) < 4.78 is 5.38. The van der Waals surface area contributed by atoms with Crippen LogP contribution in [0.4, 0.5) is 0 Å². The van der Waals surface area contributed by atoms with Crippen molar-refractivity contribution < 1.29 is 4.74 Å². The van der Waals surface area contributed by atoms with Crippen LogP contribution in [-0.2, 0) is 0 Å². The van der Waals surface area contributed by atoms with Crippen LogP contribution in [0.3, 0.4) is 0 Å². The van der Waals surface area contributed by atoms with E-state index in [-0.39, 0.29) is 0 Å². The molecule has 2 aromatic rings. The van der Waals surface area contributed by atoms with Gasteiger partial charge >= 0.3 is 0 Å². The highest BCUT2D eigenvalue weighted by Gasteiger charge is 2.27. The third-order valence-electron chi connectivity index (χ3n) is 4.41. The van der Waals surface area contributed by atoms with Gasteiger partial charge < -0.3 is 10.1 Å². The van der Waals surface area contributed by atoms with Gasteiger partial charge in [0, 0.05) is 17.0 Å². The van der Waals surface area contributed by atoms with Gasteiger partial charge in [-0.25, -0.2) is 0 Å². The Kier molecular flexibility index (Phi) is 4.18. The predicted octanol–water partition coefficient (Wildman–Crippen LogP) is 4.53. The molecule has 0 spiro atoms. The van der Waals surface area contributed by atoms with Crippen molar-refractivity contribution >= 4 is 11.6 Å². The number of fused-ring (bicyclic) bond motifs is 1. The molecule has 2 nitrogen and oxygen atoms in total. The fourth-order valence-corrected chi connectivity index (χ4v) is 3.41. The number of rotatable bonds is 3. The maximum Gasteiger partial charge on any atom is 0.119 e. The Morgan fingerprint density at radius 2 is 1.81 bits per heavy atom. The maximum atomic E-state index is 6.01. The summed E-state index contributed by atoms with van der Waals surface area (Å²) in [7, 11) is 3.74. The van der Waals surface area contributed by atoms with Crippen LogP contribution in [0.1, 0.15) is 41.5 Å². The van der Waals surface area contributed by atoms with Crippen molar-refractivity contribution in [3.63, 3.8) is 0 Å². The minimum atomic E-state index is 0.402. The molecule has 0 radical (unpaired) electrons. The number of hydrogen-bond acceptors (Lipinski definition) is 2. The van der Waals surface area contributed by atoms with Gasteiger partial charge in [0.25, 0.3) is 0 Å². The van der Waals surface area contributed by atoms with Crippen LogP contribution in [0, 0.1) is 0 Å². The number of halogens is 1. The van der Waals surface area contributed by atoms with E-state index in [1.54, 1.807) is 7.11 Å². The van der Waals surface area contributed by atoms with E-state index >= 15 is 0 Å². The average Bonchev–Trinajstić information content (AvgIpc) is 2.54. The Hall–Kier alpha value is -1.51. The lowest BCUT2D eigenvalue weighted by Gasteiger charge is -2.32. The zero-order valence-electron chi connectivity index (χ0n) is 12.4. The lowest BCUT2D eigenvalue weighted by atomic mass is 9.76. The van der Waals surface area contributed by atoms with Crippen molar-refractivity contribution in [2.75, 3.05) is 14.2 Å². The molecule has 0 bridgehead atoms. The van der Waals surface area contributed by atoms with Crippen LogP contribution in [0.25, 0.3) is 0 Å². The van der Waals surface area contributed by atoms with Gasteiger partial charge in [0.1, 0.15) is 5.75 Å². The smallest absolute Gasteiger partial charge is 0.119 e. The van der Waals surface area contributed by atoms with Crippen LogP contribution in [0.15, 0.2) is 42.5 Å². The number of ether oxygens (including phenoxy) is 1. The molecule has 0 heterocycles. The van der Waals surface area contributed by atoms with Crippen LogP contribution < -0.4 is 10.1 Å². The lowest BCUT2D eigenvalue weighted by molar-refractivity contribution is 0.409. The quantitative estimate of drug-likeness (QED) is 0.899. The Morgan fingerprint density at radius 3 is 2.48 bits per heavy atom. The fraction of sp³-hybridized carbons (Fsp3) is 0.333. The highest BCUT2D eigenvalue weighted by molar-refractivity contribution is 6.30. The molecule has 1 aliphatic carbocycles. The van der Waals surface area contributed by atoms with E-state index in [9.17, 15) is 0 Å². The first-order valence-corrected chi connectivity index (χ1v) is 7.71. The van der Waals surface area contributed by atoms with Crippen molar-refractivity contribution in [2.24, 2.45) is 0 Å². The van der Waals surface area contributed by atoms with Crippen LogP contribution >= 0.6 is 11.6 Å². The van der Waals surface area contributed by atoms with Gasteiger partial charge in [-0.15, -0.1) is 0 Å². The molecule has 1 N–H and O–H groups in total. The molecule has 1 unspecified atom stereocenters. The van der Waals surface area contributed by atoms with Crippen LogP contribution in [0.2, 0.25) is 5.02 Å². The van der Waals surface area contributed by atoms with E-state index in [1.807, 2.05) is 19.2 Å². The number of benzene rings is 2. The molecule has 1 aliphatic rings. The highest BCUT2D eigenvalue weighted by Crippen LogP contribution is 2.42. The zero-order valence-corrected chi connectivity index (χ0v) is 13.2. The Balaban J connectivity index is 2.04. The third-order valence-corrected chi connectivity index (χ3v) is 4.66. The first-order chi connectivity index (χ1) is 10.2. The molecule has 0 fully saturated rings. The summed E-state index contributed by atoms with van der Waals surface area (Å²) in [4.78, 5) is 0. The highest BCUT2D eigenvalue weighted by atomic mass is 35.5. The second-order valence-corrected chi connectivity index (χ2v) is 5.95. The van der Waals surface area contributed by atoms with Gasteiger partial charge in [-0.1, -0.05) is 29.8 Å². The van der Waals surface area contributed by atoms with E-state index in [0.717, 1.165) is 23.6 Å². The summed E-state index contributed by atoms with van der Waals surface area (Å²) >= 11 is 6.01. The second-order valence-electron chi connectivity index (χ2n) is 5.52. The molecular formula is C18H20ClNO. The van der Waals surface area contributed by atoms with Gasteiger partial charge in [0.05, 0.1) is 7.11 Å². The Morgan fingerprint density at radius 1 is 1.05 bits per heavy atom. The number of methoxy groups -OCH3 is 1. The average molecular weight is 302 g/mol. The largest absolute Gasteiger partial charge is 0.497 e. The monoisotopic (exact) mass is 301 g/mol. The summed E-state index contributed by atoms with van der Waals surface area (Å²) in [5, 5.41) is 4.21. The SMILES string of the molecule is CN[C@@H]1CCC(c2ccc(Cl)cc2)c2ccc(OC)cc21. The van der Waals surface area contributed by atoms with E-state index in [0.29, 0.717) is 12.0 Å². The molecule has 0 saturated heterocycles. The van der Waals surface area contributed by atoms with Gasteiger partial charge in [-0.2, -0.15) is 0 Å². The summed E-state index contributed by atoms with van der Waals surface area (Å²) in [5.41, 5.74) is 4.08. The van der Waals surface area contributed by atoms with E-state index in [4.69, 9.17) is 16.3 Å². The van der Waals surface area contributed by atoms with Gasteiger partial charge in [0.15, 0.2) is 0 Å². The van der Waals surface area contributed by atoms with Crippen molar-refractivity contribution in [1.82, 2.24) is 5.32 Å². The third kappa shape index (κ3) is 2.78. The molecule has 0 saturated carbocycles. The van der Waals surface area contributed by atoms with E-state index < -0.39 is 0 Å². The minimum Gasteiger partial charge on any atom is -0.497 e. The van der Waals surface area contributed by atoms with Crippen molar-refractivity contribution in [1.29, 1.82) is 0 Å². The molecule has 110 valence electrons. The van der Waals surface area contributed by atoms with E-state index in [1.165, 1.54) is 16.7 Å². The van der Waals surface area contributed by atoms with Gasteiger partial charge in [0.2, 0.25) is 0 Å². The maximum absolute atomic E-state index is 6.01. The van der Waals surface area contributed by atoms with Gasteiger partial charge in [-0.3, -0.25) is 0 Å². The molecule has 3 heteroatoms. The number of nitrogens with one attached hydrogen (secondary N) is 1. The molecule has 2 aromatic carbocycles. The van der Waals surface area contributed by atoms with Crippen molar-refractivity contribution in [3.05, 3.63) is 64.2 Å². The van der Waals surface area contributed by atoms with E-state index in [2.05, 4.69) is 35.6 Å². The lowest BCUT2D eigenvalue weighted by Crippen LogP contribution is -2.24. The first kappa shape index (κ1) is 14.4. The Bertz CT molecular complexity index is 624. The molecule has 0 aromatic heterocycles. The standard InChI is InChI=1S/C18H20ClNO/c1-20-18-10-9-15(12-3-5-13(19)6-4-12)16-8-7-14(21-2)11-17(16)18/h3-8,11,15,18,20H,9-10H2,1-2H3/t15?,18-/m1/s1. The molecular weight excluding hydrogens is 282 g/mol. The summed E-state index contributed by atoms with van der Waals surface area (Å²) in [6.45, 7) is 0. The van der Waals surface area contributed by atoms with Crippen LogP contribution in [-0.4, -0.2) is 14.2 Å². The van der Waals surface area contributed by atoms with Gasteiger partial charge in [-0.05, 0) is 60.8 Å². The predicted molar refractivity (Wildman–Crippen MR) is 87.3 cm³/mol. The normalized spacial score (nSPS) is 20.9.